The summed E-state index contributed by atoms with van der Waals surface area (Å²) in [5.74, 6) is -2.12. The van der Waals surface area contributed by atoms with E-state index in [1.54, 1.807) is 0 Å². The van der Waals surface area contributed by atoms with Crippen LogP contribution in [0.2, 0.25) is 0 Å². The Morgan fingerprint density at radius 3 is 2.56 bits per heavy atom. The highest BCUT2D eigenvalue weighted by molar-refractivity contribution is 5.75. The monoisotopic (exact) mass is 267 g/mol. The van der Waals surface area contributed by atoms with Gasteiger partial charge in [0.2, 0.25) is 0 Å². The average Bonchev–Trinajstić information content (AvgIpc) is 2.82. The maximum Gasteiger partial charge on any atom is 0.490 e. The van der Waals surface area contributed by atoms with Crippen LogP contribution in [-0.2, 0) is 9.53 Å². The molecule has 2 unspecified atom stereocenters. The fourth-order valence-electron chi connectivity index (χ4n) is 2.33. The molecule has 0 aromatic rings. The topological polar surface area (TPSA) is 53.6 Å². The molecule has 0 amide bonds. The maximum absolute atomic E-state index is 12.2. The number of halogens is 3. The second-order valence-electron chi connectivity index (χ2n) is 4.45. The predicted molar refractivity (Wildman–Crippen MR) is 56.8 cm³/mol. The molecule has 2 rings (SSSR count). The summed E-state index contributed by atoms with van der Waals surface area (Å²) in [6.45, 7) is 3.08. The highest BCUT2D eigenvalue weighted by Crippen LogP contribution is 2.21. The molecule has 2 aliphatic heterocycles. The van der Waals surface area contributed by atoms with Crippen LogP contribution in [-0.4, -0.2) is 62.0 Å². The van der Waals surface area contributed by atoms with Crippen molar-refractivity contribution >= 4 is 5.97 Å². The lowest BCUT2D eigenvalue weighted by atomic mass is 10.2. The lowest BCUT2D eigenvalue weighted by Gasteiger charge is -2.39. The molecular weight excluding hydrogens is 251 g/mol. The Hall–Kier alpha value is -0.860. The molecule has 2 fully saturated rings. The van der Waals surface area contributed by atoms with Gasteiger partial charge in [-0.15, -0.1) is 0 Å². The number of nitrogens with one attached hydrogen (secondary N) is 2. The molecule has 2 heterocycles. The standard InChI is InChI=1S/C10H16F3N3O2/c11-10(12,13)9(17)18-8-6-15-3-4-16(8)7-1-2-14-5-7/h7-8,14-15H,1-6H2. The van der Waals surface area contributed by atoms with Crippen molar-refractivity contribution in [3.63, 3.8) is 0 Å². The lowest BCUT2D eigenvalue weighted by molar-refractivity contribution is -0.215. The van der Waals surface area contributed by atoms with Crippen LogP contribution < -0.4 is 10.6 Å². The summed E-state index contributed by atoms with van der Waals surface area (Å²) in [4.78, 5) is 12.7. The molecule has 0 radical (unpaired) electrons. The van der Waals surface area contributed by atoms with Crippen LogP contribution in [0, 0.1) is 0 Å². The molecule has 0 saturated carbocycles. The van der Waals surface area contributed by atoms with Gasteiger partial charge in [-0.25, -0.2) is 4.79 Å². The number of carbonyl (C=O) groups is 1. The SMILES string of the molecule is O=C(OC1CNCCN1C1CCNC1)C(F)(F)F. The van der Waals surface area contributed by atoms with Crippen LogP contribution in [0.25, 0.3) is 0 Å². The third-order valence-electron chi connectivity index (χ3n) is 3.21. The van der Waals surface area contributed by atoms with Gasteiger partial charge in [0.15, 0.2) is 6.23 Å². The number of hydrogen-bond acceptors (Lipinski definition) is 5. The second-order valence-corrected chi connectivity index (χ2v) is 4.45. The number of hydrogen-bond donors (Lipinski definition) is 2. The molecule has 5 nitrogen and oxygen atoms in total. The highest BCUT2D eigenvalue weighted by atomic mass is 19.4. The van der Waals surface area contributed by atoms with E-state index in [4.69, 9.17) is 0 Å². The van der Waals surface area contributed by atoms with Crippen molar-refractivity contribution in [1.82, 2.24) is 15.5 Å². The van der Waals surface area contributed by atoms with Gasteiger partial charge in [-0.2, -0.15) is 13.2 Å². The Kier molecular flexibility index (Phi) is 4.08. The molecule has 2 atom stereocenters. The van der Waals surface area contributed by atoms with Gasteiger partial charge in [0.05, 0.1) is 0 Å². The normalized spacial score (nSPS) is 30.4. The number of rotatable bonds is 2. The van der Waals surface area contributed by atoms with Crippen LogP contribution >= 0.6 is 0 Å². The molecule has 104 valence electrons. The van der Waals surface area contributed by atoms with E-state index in [2.05, 4.69) is 15.4 Å². The van der Waals surface area contributed by atoms with E-state index in [-0.39, 0.29) is 12.6 Å². The predicted octanol–water partition coefficient (Wildman–Crippen LogP) is -0.315. The minimum absolute atomic E-state index is 0.137. The first-order chi connectivity index (χ1) is 8.48. The van der Waals surface area contributed by atoms with Crippen molar-refractivity contribution in [1.29, 1.82) is 0 Å². The van der Waals surface area contributed by atoms with Crippen molar-refractivity contribution in [2.24, 2.45) is 0 Å². The Balaban J connectivity index is 1.97. The summed E-state index contributed by atoms with van der Waals surface area (Å²) in [7, 11) is 0. The number of piperazine rings is 1. The first-order valence-corrected chi connectivity index (χ1v) is 5.93. The zero-order chi connectivity index (χ0) is 13.2. The first kappa shape index (κ1) is 13.6. The molecule has 0 aromatic heterocycles. The lowest BCUT2D eigenvalue weighted by Crippen LogP contribution is -2.57. The second kappa shape index (κ2) is 5.41. The Morgan fingerprint density at radius 2 is 1.94 bits per heavy atom. The number of carbonyl (C=O) groups excluding carboxylic acids is 1. The number of nitrogens with zero attached hydrogens (tertiary/aromatic N) is 1. The van der Waals surface area contributed by atoms with Gasteiger partial charge in [0.1, 0.15) is 0 Å². The largest absolute Gasteiger partial charge is 0.490 e. The zero-order valence-corrected chi connectivity index (χ0v) is 9.79. The van der Waals surface area contributed by atoms with Crippen LogP contribution in [0.3, 0.4) is 0 Å². The van der Waals surface area contributed by atoms with E-state index in [9.17, 15) is 18.0 Å². The van der Waals surface area contributed by atoms with Gasteiger partial charge in [-0.1, -0.05) is 0 Å². The van der Waals surface area contributed by atoms with Gasteiger partial charge in [-0.05, 0) is 13.0 Å². The Bertz CT molecular complexity index is 305. The van der Waals surface area contributed by atoms with Gasteiger partial charge >= 0.3 is 12.1 Å². The third kappa shape index (κ3) is 3.12. The van der Waals surface area contributed by atoms with Gasteiger partial charge in [0.25, 0.3) is 0 Å². The summed E-state index contributed by atoms with van der Waals surface area (Å²) in [5, 5.41) is 6.09. The maximum atomic E-state index is 12.2. The average molecular weight is 267 g/mol. The summed E-state index contributed by atoms with van der Waals surface area (Å²) in [6.07, 6.45) is -4.91. The van der Waals surface area contributed by atoms with Crippen molar-refractivity contribution in [3.05, 3.63) is 0 Å². The number of ether oxygens (including phenoxy) is 1. The highest BCUT2D eigenvalue weighted by Gasteiger charge is 2.44. The van der Waals surface area contributed by atoms with Gasteiger partial charge in [0, 0.05) is 32.2 Å². The summed E-state index contributed by atoms with van der Waals surface area (Å²) in [5.41, 5.74) is 0. The van der Waals surface area contributed by atoms with Crippen molar-refractivity contribution in [2.45, 2.75) is 24.9 Å². The van der Waals surface area contributed by atoms with E-state index < -0.39 is 18.4 Å². The van der Waals surface area contributed by atoms with E-state index in [1.165, 1.54) is 0 Å². The minimum Gasteiger partial charge on any atom is -0.438 e. The molecule has 0 aromatic carbocycles. The molecule has 0 bridgehead atoms. The molecule has 8 heteroatoms. The summed E-state index contributed by atoms with van der Waals surface area (Å²) in [6, 6.07) is 0.137. The molecule has 18 heavy (non-hydrogen) atoms. The van der Waals surface area contributed by atoms with Crippen LogP contribution in [0.5, 0.6) is 0 Å². The van der Waals surface area contributed by atoms with E-state index in [0.29, 0.717) is 13.1 Å². The quantitative estimate of drug-likeness (QED) is 0.672. The molecule has 2 aliphatic rings. The summed E-state index contributed by atoms with van der Waals surface area (Å²) < 4.78 is 41.1. The van der Waals surface area contributed by atoms with Crippen LogP contribution in [0.4, 0.5) is 13.2 Å². The van der Waals surface area contributed by atoms with Crippen molar-refractivity contribution in [3.8, 4) is 0 Å². The third-order valence-corrected chi connectivity index (χ3v) is 3.21. The molecular formula is C10H16F3N3O2. The molecule has 0 aliphatic carbocycles. The van der Waals surface area contributed by atoms with Crippen LogP contribution in [0.1, 0.15) is 6.42 Å². The fraction of sp³-hybridized carbons (Fsp3) is 0.900. The Morgan fingerprint density at radius 1 is 1.22 bits per heavy atom. The first-order valence-electron chi connectivity index (χ1n) is 5.93. The molecule has 2 saturated heterocycles. The number of esters is 1. The van der Waals surface area contributed by atoms with E-state index in [1.807, 2.05) is 4.90 Å². The van der Waals surface area contributed by atoms with E-state index >= 15 is 0 Å². The smallest absolute Gasteiger partial charge is 0.438 e. The molecule has 0 spiro atoms. The minimum atomic E-state index is -4.93. The number of alkyl halides is 3. The fourth-order valence-corrected chi connectivity index (χ4v) is 2.33. The van der Waals surface area contributed by atoms with Crippen molar-refractivity contribution in [2.75, 3.05) is 32.7 Å². The molecule has 2 N–H and O–H groups in total. The zero-order valence-electron chi connectivity index (χ0n) is 9.79. The van der Waals surface area contributed by atoms with Crippen molar-refractivity contribution < 1.29 is 22.7 Å². The van der Waals surface area contributed by atoms with E-state index in [0.717, 1.165) is 19.5 Å². The Labute approximate surface area is 103 Å². The summed E-state index contributed by atoms with van der Waals surface area (Å²) >= 11 is 0. The van der Waals surface area contributed by atoms with Gasteiger partial charge < -0.3 is 15.4 Å². The van der Waals surface area contributed by atoms with Crippen LogP contribution in [0.15, 0.2) is 0 Å². The van der Waals surface area contributed by atoms with Gasteiger partial charge in [-0.3, -0.25) is 4.90 Å².